The Bertz CT molecular complexity index is 702. The summed E-state index contributed by atoms with van der Waals surface area (Å²) in [6, 6.07) is 3.84. The van der Waals surface area contributed by atoms with Crippen molar-refractivity contribution in [2.75, 3.05) is 0 Å². The van der Waals surface area contributed by atoms with Crippen LogP contribution in [0.1, 0.15) is 36.5 Å². The van der Waals surface area contributed by atoms with Crippen molar-refractivity contribution in [3.8, 4) is 0 Å². The molecule has 2 N–H and O–H groups in total. The largest absolute Gasteiger partial charge is 0.481 e. The summed E-state index contributed by atoms with van der Waals surface area (Å²) >= 11 is 0. The zero-order valence-electron chi connectivity index (χ0n) is 13.1. The Labute approximate surface area is 129 Å². The third-order valence-electron chi connectivity index (χ3n) is 3.82. The zero-order chi connectivity index (χ0) is 16.3. The molecule has 5 heteroatoms. The molecule has 0 bridgehead atoms. The lowest BCUT2D eigenvalue weighted by Gasteiger charge is -2.12. The van der Waals surface area contributed by atoms with Gasteiger partial charge >= 0.3 is 5.97 Å². The summed E-state index contributed by atoms with van der Waals surface area (Å²) in [5.41, 5.74) is 3.94. The lowest BCUT2D eigenvalue weighted by atomic mass is 10.0. The Morgan fingerprint density at radius 2 is 1.95 bits per heavy atom. The van der Waals surface area contributed by atoms with Crippen molar-refractivity contribution in [3.63, 3.8) is 0 Å². The van der Waals surface area contributed by atoms with Gasteiger partial charge in [0.2, 0.25) is 5.91 Å². The van der Waals surface area contributed by atoms with Gasteiger partial charge in [0.25, 0.3) is 0 Å². The number of rotatable bonds is 6. The van der Waals surface area contributed by atoms with Crippen LogP contribution in [0.4, 0.5) is 0 Å². The van der Waals surface area contributed by atoms with Gasteiger partial charge in [0, 0.05) is 23.4 Å². The topological polar surface area (TPSA) is 79.5 Å². The van der Waals surface area contributed by atoms with Crippen LogP contribution in [0, 0.1) is 13.8 Å². The Balaban J connectivity index is 2.03. The number of fused-ring (bicyclic) bond motifs is 1. The molecule has 0 aliphatic rings. The fourth-order valence-corrected chi connectivity index (χ4v) is 2.38. The number of aliphatic carboxylic acids is 1. The Morgan fingerprint density at radius 3 is 2.64 bits per heavy atom. The molecule has 0 fully saturated rings. The maximum Gasteiger partial charge on any atom is 0.303 e. The summed E-state index contributed by atoms with van der Waals surface area (Å²) in [7, 11) is 0. The highest BCUT2D eigenvalue weighted by atomic mass is 16.4. The van der Waals surface area contributed by atoms with E-state index in [-0.39, 0.29) is 24.8 Å². The number of carboxylic acid groups (broad SMARTS) is 1. The van der Waals surface area contributed by atoms with Gasteiger partial charge in [-0.1, -0.05) is 0 Å². The molecular weight excluding hydrogens is 282 g/mol. The summed E-state index contributed by atoms with van der Waals surface area (Å²) < 4.78 is 5.51. The Hall–Kier alpha value is -2.30. The van der Waals surface area contributed by atoms with E-state index in [1.54, 1.807) is 6.26 Å². The maximum absolute atomic E-state index is 12.1. The van der Waals surface area contributed by atoms with E-state index in [4.69, 9.17) is 9.52 Å². The Morgan fingerprint density at radius 1 is 1.27 bits per heavy atom. The van der Waals surface area contributed by atoms with E-state index in [1.807, 2.05) is 32.9 Å². The fourth-order valence-electron chi connectivity index (χ4n) is 2.38. The second-order valence-corrected chi connectivity index (χ2v) is 5.77. The van der Waals surface area contributed by atoms with Gasteiger partial charge in [-0.2, -0.15) is 0 Å². The smallest absolute Gasteiger partial charge is 0.303 e. The molecule has 22 heavy (non-hydrogen) atoms. The van der Waals surface area contributed by atoms with Crippen LogP contribution < -0.4 is 5.32 Å². The van der Waals surface area contributed by atoms with Gasteiger partial charge in [-0.05, 0) is 50.5 Å². The number of nitrogens with one attached hydrogen (secondary N) is 1. The predicted molar refractivity (Wildman–Crippen MR) is 83.9 cm³/mol. The normalized spacial score (nSPS) is 12.3. The number of benzene rings is 1. The summed E-state index contributed by atoms with van der Waals surface area (Å²) in [5.74, 6) is -0.980. The number of furan rings is 1. The van der Waals surface area contributed by atoms with Crippen LogP contribution >= 0.6 is 0 Å². The standard InChI is InChI=1S/C17H21NO4/c1-10-6-14-13(9-22-15(14)7-11(10)2)8-16(19)18-12(3)4-5-17(20)21/h6-7,9,12H,4-5,8H2,1-3H3,(H,18,19)(H,20,21). The number of carbonyl (C=O) groups excluding carboxylic acids is 1. The lowest BCUT2D eigenvalue weighted by molar-refractivity contribution is -0.137. The first-order valence-electron chi connectivity index (χ1n) is 7.35. The second-order valence-electron chi connectivity index (χ2n) is 5.77. The van der Waals surface area contributed by atoms with Crippen molar-refractivity contribution in [3.05, 3.63) is 35.1 Å². The van der Waals surface area contributed by atoms with Gasteiger partial charge in [-0.25, -0.2) is 0 Å². The van der Waals surface area contributed by atoms with Crippen LogP contribution in [0.5, 0.6) is 0 Å². The lowest BCUT2D eigenvalue weighted by Crippen LogP contribution is -2.34. The third-order valence-corrected chi connectivity index (χ3v) is 3.82. The molecule has 0 aliphatic carbocycles. The molecule has 1 aromatic carbocycles. The maximum atomic E-state index is 12.1. The number of aryl methyl sites for hydroxylation is 2. The molecule has 0 saturated heterocycles. The molecule has 2 rings (SSSR count). The van der Waals surface area contributed by atoms with E-state index in [1.165, 1.54) is 0 Å². The summed E-state index contributed by atoms with van der Waals surface area (Å²) in [5, 5.41) is 12.4. The molecule has 1 amide bonds. The van der Waals surface area contributed by atoms with E-state index in [9.17, 15) is 9.59 Å². The van der Waals surface area contributed by atoms with Crippen molar-refractivity contribution < 1.29 is 19.1 Å². The first kappa shape index (κ1) is 16.1. The molecule has 5 nitrogen and oxygen atoms in total. The second kappa shape index (κ2) is 6.64. The highest BCUT2D eigenvalue weighted by molar-refractivity contribution is 5.88. The van der Waals surface area contributed by atoms with Crippen LogP contribution in [-0.4, -0.2) is 23.0 Å². The molecule has 0 saturated carbocycles. The van der Waals surface area contributed by atoms with Crippen molar-refractivity contribution in [2.45, 2.75) is 46.1 Å². The molecule has 1 atom stereocenters. The van der Waals surface area contributed by atoms with Crippen LogP contribution in [0.15, 0.2) is 22.8 Å². The van der Waals surface area contributed by atoms with Crippen molar-refractivity contribution >= 4 is 22.8 Å². The minimum Gasteiger partial charge on any atom is -0.481 e. The van der Waals surface area contributed by atoms with E-state index in [0.717, 1.165) is 27.7 Å². The predicted octanol–water partition coefficient (Wildman–Crippen LogP) is 2.96. The van der Waals surface area contributed by atoms with Crippen LogP contribution in [-0.2, 0) is 16.0 Å². The van der Waals surface area contributed by atoms with Gasteiger partial charge < -0.3 is 14.8 Å². The van der Waals surface area contributed by atoms with E-state index in [0.29, 0.717) is 6.42 Å². The van der Waals surface area contributed by atoms with E-state index >= 15 is 0 Å². The fraction of sp³-hybridized carbons (Fsp3) is 0.412. The molecule has 0 aliphatic heterocycles. The summed E-state index contributed by atoms with van der Waals surface area (Å²) in [6.45, 7) is 5.86. The molecule has 1 unspecified atom stereocenters. The van der Waals surface area contributed by atoms with Gasteiger partial charge in [-0.15, -0.1) is 0 Å². The summed E-state index contributed by atoms with van der Waals surface area (Å²) in [4.78, 5) is 22.6. The minimum absolute atomic E-state index is 0.0502. The molecule has 118 valence electrons. The van der Waals surface area contributed by atoms with Crippen molar-refractivity contribution in [1.82, 2.24) is 5.32 Å². The van der Waals surface area contributed by atoms with Gasteiger partial charge in [0.05, 0.1) is 12.7 Å². The van der Waals surface area contributed by atoms with Gasteiger partial charge in [0.1, 0.15) is 5.58 Å². The molecule has 2 aromatic rings. The van der Waals surface area contributed by atoms with Crippen LogP contribution in [0.2, 0.25) is 0 Å². The molecular formula is C17H21NO4. The number of hydrogen-bond acceptors (Lipinski definition) is 3. The average Bonchev–Trinajstić information content (AvgIpc) is 2.79. The van der Waals surface area contributed by atoms with Crippen LogP contribution in [0.3, 0.4) is 0 Å². The Kier molecular flexibility index (Phi) is 4.85. The molecule has 1 aromatic heterocycles. The van der Waals surface area contributed by atoms with E-state index in [2.05, 4.69) is 5.32 Å². The monoisotopic (exact) mass is 303 g/mol. The first-order valence-corrected chi connectivity index (χ1v) is 7.35. The van der Waals surface area contributed by atoms with Crippen molar-refractivity contribution in [2.24, 2.45) is 0 Å². The average molecular weight is 303 g/mol. The number of carboxylic acids is 1. The quantitative estimate of drug-likeness (QED) is 0.860. The molecule has 0 spiro atoms. The van der Waals surface area contributed by atoms with Gasteiger partial charge in [0.15, 0.2) is 0 Å². The van der Waals surface area contributed by atoms with E-state index < -0.39 is 5.97 Å². The summed E-state index contributed by atoms with van der Waals surface area (Å²) in [6.07, 6.45) is 2.32. The first-order chi connectivity index (χ1) is 10.4. The third kappa shape index (κ3) is 3.87. The SMILES string of the molecule is Cc1cc2occ(CC(=O)NC(C)CCC(=O)O)c2cc1C. The minimum atomic E-state index is -0.854. The van der Waals surface area contributed by atoms with Crippen LogP contribution in [0.25, 0.3) is 11.0 Å². The molecule has 1 heterocycles. The van der Waals surface area contributed by atoms with Crippen molar-refractivity contribution in [1.29, 1.82) is 0 Å². The number of amides is 1. The zero-order valence-corrected chi connectivity index (χ0v) is 13.1. The number of carbonyl (C=O) groups is 2. The number of hydrogen-bond donors (Lipinski definition) is 2. The highest BCUT2D eigenvalue weighted by Gasteiger charge is 2.14. The van der Waals surface area contributed by atoms with Gasteiger partial charge in [-0.3, -0.25) is 9.59 Å². The molecule has 0 radical (unpaired) electrons. The highest BCUT2D eigenvalue weighted by Crippen LogP contribution is 2.25.